The van der Waals surface area contributed by atoms with Crippen molar-refractivity contribution in [3.63, 3.8) is 0 Å². The molecule has 3 aromatic carbocycles. The van der Waals surface area contributed by atoms with Crippen LogP contribution in [0.15, 0.2) is 77.7 Å². The maximum atomic E-state index is 13.2. The maximum absolute atomic E-state index is 13.2. The predicted octanol–water partition coefficient (Wildman–Crippen LogP) is 4.88. The molecular weight excluding hydrogens is 470 g/mol. The van der Waals surface area contributed by atoms with Crippen molar-refractivity contribution in [1.82, 2.24) is 9.80 Å². The van der Waals surface area contributed by atoms with E-state index in [4.69, 9.17) is 0 Å². The predicted molar refractivity (Wildman–Crippen MR) is 146 cm³/mol. The first-order chi connectivity index (χ1) is 17.2. The molecular formula is C29H33N3O3S. The van der Waals surface area contributed by atoms with E-state index in [2.05, 4.69) is 33.9 Å². The van der Waals surface area contributed by atoms with Crippen molar-refractivity contribution in [1.29, 1.82) is 0 Å². The van der Waals surface area contributed by atoms with Gasteiger partial charge < -0.3 is 4.90 Å². The summed E-state index contributed by atoms with van der Waals surface area (Å²) in [5.74, 6) is -0.141. The van der Waals surface area contributed by atoms with E-state index >= 15 is 0 Å². The summed E-state index contributed by atoms with van der Waals surface area (Å²) in [5, 5.41) is 0. The monoisotopic (exact) mass is 503 g/mol. The average Bonchev–Trinajstić information content (AvgIpc) is 2.87. The van der Waals surface area contributed by atoms with Crippen molar-refractivity contribution in [2.75, 3.05) is 37.4 Å². The van der Waals surface area contributed by atoms with Crippen molar-refractivity contribution in [2.24, 2.45) is 0 Å². The zero-order valence-electron chi connectivity index (χ0n) is 21.1. The summed E-state index contributed by atoms with van der Waals surface area (Å²) < 4.78 is 29.2. The largest absolute Gasteiger partial charge is 0.336 e. The first-order valence-electron chi connectivity index (χ1n) is 12.2. The quantitative estimate of drug-likeness (QED) is 0.499. The number of anilines is 1. The third kappa shape index (κ3) is 6.04. The average molecular weight is 504 g/mol. The number of carbonyl (C=O) groups is 1. The van der Waals surface area contributed by atoms with Gasteiger partial charge in [-0.05, 0) is 61.2 Å². The van der Waals surface area contributed by atoms with Crippen LogP contribution in [0, 0.1) is 20.8 Å². The zero-order chi connectivity index (χ0) is 25.7. The minimum Gasteiger partial charge on any atom is -0.336 e. The summed E-state index contributed by atoms with van der Waals surface area (Å²) in [5.41, 5.74) is 4.58. The molecule has 0 bridgehead atoms. The molecule has 188 valence electrons. The van der Waals surface area contributed by atoms with Gasteiger partial charge in [-0.1, -0.05) is 60.7 Å². The Bertz CT molecular complexity index is 1360. The van der Waals surface area contributed by atoms with E-state index in [-0.39, 0.29) is 10.8 Å². The molecule has 0 aliphatic carbocycles. The van der Waals surface area contributed by atoms with Crippen LogP contribution in [0.1, 0.15) is 32.6 Å². The normalized spacial score (nSPS) is 14.8. The van der Waals surface area contributed by atoms with Gasteiger partial charge in [0.25, 0.3) is 15.9 Å². The van der Waals surface area contributed by atoms with Crippen LogP contribution in [0.5, 0.6) is 0 Å². The smallest absolute Gasteiger partial charge is 0.262 e. The van der Waals surface area contributed by atoms with E-state index in [9.17, 15) is 13.2 Å². The second-order valence-corrected chi connectivity index (χ2v) is 10.9. The summed E-state index contributed by atoms with van der Waals surface area (Å²) >= 11 is 0. The first-order valence-corrected chi connectivity index (χ1v) is 13.7. The second kappa shape index (κ2) is 11.1. The molecule has 0 saturated carbocycles. The van der Waals surface area contributed by atoms with Crippen LogP contribution in [0.25, 0.3) is 6.08 Å². The number of rotatable bonds is 7. The van der Waals surface area contributed by atoms with Crippen molar-refractivity contribution >= 4 is 27.7 Å². The standard InChI is InChI=1S/C29H33N3O3S/c1-22-9-7-13-27(24(22)3)30-36(34,35)28-21-26(15-14-23(28)2)29(33)32-19-17-31(18-20-32)16-8-12-25-10-5-4-6-11-25/h4-15,21,30H,16-20H2,1-3H3/b12-8+. The fourth-order valence-electron chi connectivity index (χ4n) is 4.30. The van der Waals surface area contributed by atoms with Crippen LogP contribution < -0.4 is 4.72 Å². The number of amides is 1. The first kappa shape index (κ1) is 25.7. The van der Waals surface area contributed by atoms with Crippen molar-refractivity contribution in [3.8, 4) is 0 Å². The van der Waals surface area contributed by atoms with E-state index in [1.54, 1.807) is 30.0 Å². The van der Waals surface area contributed by atoms with Gasteiger partial charge in [0, 0.05) is 38.3 Å². The van der Waals surface area contributed by atoms with Gasteiger partial charge in [-0.3, -0.25) is 14.4 Å². The molecule has 1 amide bonds. The molecule has 1 aliphatic heterocycles. The highest BCUT2D eigenvalue weighted by Gasteiger charge is 2.25. The molecule has 7 heteroatoms. The van der Waals surface area contributed by atoms with Crippen LogP contribution >= 0.6 is 0 Å². The van der Waals surface area contributed by atoms with Crippen LogP contribution in [-0.4, -0.2) is 56.8 Å². The topological polar surface area (TPSA) is 69.7 Å². The number of benzene rings is 3. The second-order valence-electron chi connectivity index (χ2n) is 9.24. The summed E-state index contributed by atoms with van der Waals surface area (Å²) in [4.78, 5) is 17.5. The SMILES string of the molecule is Cc1ccc(C(=O)N2CCN(C/C=C/c3ccccc3)CC2)cc1S(=O)(=O)Nc1cccc(C)c1C. The van der Waals surface area contributed by atoms with Crippen molar-refractivity contribution in [2.45, 2.75) is 25.7 Å². The van der Waals surface area contributed by atoms with E-state index in [0.29, 0.717) is 29.9 Å². The van der Waals surface area contributed by atoms with E-state index < -0.39 is 10.0 Å². The van der Waals surface area contributed by atoms with Gasteiger partial charge in [-0.2, -0.15) is 0 Å². The van der Waals surface area contributed by atoms with Gasteiger partial charge in [0.1, 0.15) is 0 Å². The highest BCUT2D eigenvalue weighted by atomic mass is 32.2. The summed E-state index contributed by atoms with van der Waals surface area (Å²) in [6.45, 7) is 9.16. The molecule has 1 fully saturated rings. The third-order valence-corrected chi connectivity index (χ3v) is 8.21. The van der Waals surface area contributed by atoms with Crippen LogP contribution in [-0.2, 0) is 10.0 Å². The number of carbonyl (C=O) groups excluding carboxylic acids is 1. The van der Waals surface area contributed by atoms with Gasteiger partial charge in [0.05, 0.1) is 10.6 Å². The number of piperazine rings is 1. The lowest BCUT2D eigenvalue weighted by atomic mass is 10.1. The molecule has 0 radical (unpaired) electrons. The molecule has 0 unspecified atom stereocenters. The van der Waals surface area contributed by atoms with E-state index in [0.717, 1.165) is 30.8 Å². The van der Waals surface area contributed by atoms with E-state index in [1.165, 1.54) is 11.6 Å². The molecule has 6 nitrogen and oxygen atoms in total. The Morgan fingerprint density at radius 2 is 1.61 bits per heavy atom. The maximum Gasteiger partial charge on any atom is 0.262 e. The van der Waals surface area contributed by atoms with Crippen molar-refractivity contribution < 1.29 is 13.2 Å². The van der Waals surface area contributed by atoms with E-state index in [1.807, 2.05) is 44.2 Å². The molecule has 0 atom stereocenters. The zero-order valence-corrected chi connectivity index (χ0v) is 21.9. The third-order valence-electron chi connectivity index (χ3n) is 6.71. The highest BCUT2D eigenvalue weighted by molar-refractivity contribution is 7.92. The van der Waals surface area contributed by atoms with Gasteiger partial charge in [-0.25, -0.2) is 8.42 Å². The molecule has 1 saturated heterocycles. The number of hydrogen-bond donors (Lipinski definition) is 1. The fraction of sp³-hybridized carbons (Fsp3) is 0.276. The van der Waals surface area contributed by atoms with Gasteiger partial charge >= 0.3 is 0 Å². The molecule has 4 rings (SSSR count). The number of nitrogens with one attached hydrogen (secondary N) is 1. The Morgan fingerprint density at radius 3 is 2.33 bits per heavy atom. The Kier molecular flexibility index (Phi) is 7.91. The number of hydrogen-bond acceptors (Lipinski definition) is 4. The van der Waals surface area contributed by atoms with Gasteiger partial charge in [0.15, 0.2) is 0 Å². The minimum atomic E-state index is -3.85. The summed E-state index contributed by atoms with van der Waals surface area (Å²) in [6, 6.07) is 20.6. The van der Waals surface area contributed by atoms with Gasteiger partial charge in [-0.15, -0.1) is 0 Å². The lowest BCUT2D eigenvalue weighted by molar-refractivity contribution is 0.0650. The van der Waals surface area contributed by atoms with Crippen LogP contribution in [0.4, 0.5) is 5.69 Å². The minimum absolute atomic E-state index is 0.124. The Morgan fingerprint density at radius 1 is 0.889 bits per heavy atom. The number of nitrogens with zero attached hydrogens (tertiary/aromatic N) is 2. The summed E-state index contributed by atoms with van der Waals surface area (Å²) in [6.07, 6.45) is 4.25. The highest BCUT2D eigenvalue weighted by Crippen LogP contribution is 2.25. The number of sulfonamides is 1. The Balaban J connectivity index is 1.41. The Hall–Kier alpha value is -3.42. The molecule has 1 heterocycles. The molecule has 3 aromatic rings. The van der Waals surface area contributed by atoms with Crippen molar-refractivity contribution in [3.05, 3.63) is 101 Å². The fourth-order valence-corrected chi connectivity index (χ4v) is 5.70. The molecule has 0 aromatic heterocycles. The molecule has 1 N–H and O–H groups in total. The Labute approximate surface area is 214 Å². The molecule has 0 spiro atoms. The summed E-state index contributed by atoms with van der Waals surface area (Å²) in [7, 11) is -3.85. The van der Waals surface area contributed by atoms with Gasteiger partial charge in [0.2, 0.25) is 0 Å². The molecule has 1 aliphatic rings. The lowest BCUT2D eigenvalue weighted by Gasteiger charge is -2.34. The lowest BCUT2D eigenvalue weighted by Crippen LogP contribution is -2.48. The van der Waals surface area contributed by atoms with Crippen LogP contribution in [0.3, 0.4) is 0 Å². The molecule has 36 heavy (non-hydrogen) atoms. The number of aryl methyl sites for hydroxylation is 2. The van der Waals surface area contributed by atoms with Crippen LogP contribution in [0.2, 0.25) is 0 Å².